The van der Waals surface area contributed by atoms with Crippen molar-refractivity contribution < 1.29 is 13.9 Å². The minimum atomic E-state index is -0.263. The first-order chi connectivity index (χ1) is 11.2. The molecule has 0 unspecified atom stereocenters. The lowest BCUT2D eigenvalue weighted by Gasteiger charge is -2.13. The second kappa shape index (κ2) is 9.50. The Balaban J connectivity index is 1.96. The molecule has 0 spiro atoms. The van der Waals surface area contributed by atoms with Crippen LogP contribution in [0.4, 0.5) is 4.39 Å². The van der Waals surface area contributed by atoms with Crippen molar-refractivity contribution in [1.29, 1.82) is 0 Å². The Kier molecular flexibility index (Phi) is 7.33. The van der Waals surface area contributed by atoms with Crippen LogP contribution in [0.2, 0.25) is 5.02 Å². The van der Waals surface area contributed by atoms with Crippen molar-refractivity contribution in [2.24, 2.45) is 0 Å². The number of halogens is 2. The smallest absolute Gasteiger partial charge is 0.129 e. The molecule has 0 saturated heterocycles. The van der Waals surface area contributed by atoms with Gasteiger partial charge < -0.3 is 14.8 Å². The molecule has 0 aliphatic carbocycles. The molecule has 2 aromatic rings. The lowest BCUT2D eigenvalue weighted by molar-refractivity contribution is 0.194. The van der Waals surface area contributed by atoms with Gasteiger partial charge in [-0.1, -0.05) is 29.8 Å². The average Bonchev–Trinajstić information content (AvgIpc) is 2.55. The lowest BCUT2D eigenvalue weighted by atomic mass is 10.2. The zero-order valence-electron chi connectivity index (χ0n) is 13.1. The summed E-state index contributed by atoms with van der Waals surface area (Å²) in [5.41, 5.74) is 1.48. The minimum absolute atomic E-state index is 0.185. The van der Waals surface area contributed by atoms with Gasteiger partial charge in [-0.2, -0.15) is 0 Å². The highest BCUT2D eigenvalue weighted by Crippen LogP contribution is 2.24. The largest absolute Gasteiger partial charge is 0.488 e. The van der Waals surface area contributed by atoms with E-state index in [0.29, 0.717) is 22.9 Å². The van der Waals surface area contributed by atoms with Crippen molar-refractivity contribution in [3.63, 3.8) is 0 Å². The van der Waals surface area contributed by atoms with E-state index in [9.17, 15) is 4.39 Å². The van der Waals surface area contributed by atoms with Crippen molar-refractivity contribution >= 4 is 11.6 Å². The molecule has 0 radical (unpaired) electrons. The summed E-state index contributed by atoms with van der Waals surface area (Å²) in [6.07, 6.45) is 0.933. The second-order valence-electron chi connectivity index (χ2n) is 5.16. The molecule has 5 heteroatoms. The van der Waals surface area contributed by atoms with Crippen molar-refractivity contribution in [3.05, 3.63) is 64.4 Å². The van der Waals surface area contributed by atoms with Gasteiger partial charge in [-0.3, -0.25) is 0 Å². The average molecular weight is 338 g/mol. The Labute approximate surface area is 141 Å². The molecule has 0 atom stereocenters. The van der Waals surface area contributed by atoms with E-state index in [0.717, 1.165) is 25.1 Å². The van der Waals surface area contributed by atoms with Gasteiger partial charge in [0.1, 0.15) is 18.2 Å². The lowest BCUT2D eigenvalue weighted by Crippen LogP contribution is -2.16. The molecule has 3 nitrogen and oxygen atoms in total. The first-order valence-electron chi connectivity index (χ1n) is 7.55. The van der Waals surface area contributed by atoms with Gasteiger partial charge in [0.05, 0.1) is 0 Å². The molecule has 2 rings (SSSR count). The fourth-order valence-corrected chi connectivity index (χ4v) is 2.36. The normalized spacial score (nSPS) is 10.7. The quantitative estimate of drug-likeness (QED) is 0.696. The van der Waals surface area contributed by atoms with Gasteiger partial charge >= 0.3 is 0 Å². The van der Waals surface area contributed by atoms with E-state index in [1.54, 1.807) is 31.4 Å². The van der Waals surface area contributed by atoms with Gasteiger partial charge in [-0.05, 0) is 37.2 Å². The second-order valence-corrected chi connectivity index (χ2v) is 5.59. The van der Waals surface area contributed by atoms with E-state index in [2.05, 4.69) is 5.32 Å². The third kappa shape index (κ3) is 5.82. The summed E-state index contributed by atoms with van der Waals surface area (Å²) in [7, 11) is 1.69. The molecule has 124 valence electrons. The summed E-state index contributed by atoms with van der Waals surface area (Å²) in [5, 5.41) is 3.97. The van der Waals surface area contributed by atoms with Crippen LogP contribution in [0, 0.1) is 5.82 Å². The summed E-state index contributed by atoms with van der Waals surface area (Å²) in [5.74, 6) is 0.442. The molecule has 0 amide bonds. The standard InChI is InChI=1S/C18H21ClFNO2/c1-22-10-4-9-21-12-15-11-16(19)7-8-18(15)23-13-14-5-2-3-6-17(14)20/h2-3,5-8,11,21H,4,9-10,12-13H2,1H3. The Morgan fingerprint density at radius 3 is 2.74 bits per heavy atom. The predicted molar refractivity (Wildman–Crippen MR) is 90.4 cm³/mol. The minimum Gasteiger partial charge on any atom is -0.488 e. The van der Waals surface area contributed by atoms with Gasteiger partial charge in [0.2, 0.25) is 0 Å². The van der Waals surface area contributed by atoms with E-state index in [1.807, 2.05) is 12.1 Å². The van der Waals surface area contributed by atoms with E-state index in [4.69, 9.17) is 21.1 Å². The number of methoxy groups -OCH3 is 1. The van der Waals surface area contributed by atoms with Crippen LogP contribution in [0.1, 0.15) is 17.5 Å². The highest BCUT2D eigenvalue weighted by atomic mass is 35.5. The molecule has 0 fully saturated rings. The van der Waals surface area contributed by atoms with E-state index in [1.165, 1.54) is 6.07 Å². The number of hydrogen-bond donors (Lipinski definition) is 1. The monoisotopic (exact) mass is 337 g/mol. The molecule has 23 heavy (non-hydrogen) atoms. The van der Waals surface area contributed by atoms with Crippen LogP contribution in [0.25, 0.3) is 0 Å². The van der Waals surface area contributed by atoms with E-state index < -0.39 is 0 Å². The third-order valence-corrected chi connectivity index (χ3v) is 3.62. The Morgan fingerprint density at radius 2 is 1.96 bits per heavy atom. The maximum atomic E-state index is 13.7. The van der Waals surface area contributed by atoms with Gasteiger partial charge in [0, 0.05) is 36.4 Å². The SMILES string of the molecule is COCCCNCc1cc(Cl)ccc1OCc1ccccc1F. The Hall–Kier alpha value is -1.62. The van der Waals surface area contributed by atoms with Crippen LogP contribution in [0.5, 0.6) is 5.75 Å². The first kappa shape index (κ1) is 17.7. The molecule has 0 bridgehead atoms. The molecule has 0 saturated carbocycles. The summed E-state index contributed by atoms with van der Waals surface area (Å²) >= 11 is 6.06. The summed E-state index contributed by atoms with van der Waals surface area (Å²) in [4.78, 5) is 0. The van der Waals surface area contributed by atoms with Gasteiger partial charge in [-0.25, -0.2) is 4.39 Å². The molecule has 0 aliphatic heterocycles. The molecular weight excluding hydrogens is 317 g/mol. The van der Waals surface area contributed by atoms with Crippen LogP contribution in [-0.4, -0.2) is 20.3 Å². The number of rotatable bonds is 9. The molecule has 0 aromatic heterocycles. The van der Waals surface area contributed by atoms with Gasteiger partial charge in [0.15, 0.2) is 0 Å². The summed E-state index contributed by atoms with van der Waals surface area (Å²) in [6, 6.07) is 12.1. The molecule has 0 aliphatic rings. The molecule has 2 aromatic carbocycles. The van der Waals surface area contributed by atoms with E-state index >= 15 is 0 Å². The molecule has 0 heterocycles. The number of ether oxygens (including phenoxy) is 2. The fraction of sp³-hybridized carbons (Fsp3) is 0.333. The van der Waals surface area contributed by atoms with Crippen molar-refractivity contribution in [3.8, 4) is 5.75 Å². The highest BCUT2D eigenvalue weighted by molar-refractivity contribution is 6.30. The first-order valence-corrected chi connectivity index (χ1v) is 7.93. The van der Waals surface area contributed by atoms with Crippen LogP contribution >= 0.6 is 11.6 Å². The van der Waals surface area contributed by atoms with Crippen LogP contribution in [0.3, 0.4) is 0 Å². The summed E-state index contributed by atoms with van der Waals surface area (Å²) in [6.45, 7) is 2.38. The van der Waals surface area contributed by atoms with Crippen molar-refractivity contribution in [1.82, 2.24) is 5.32 Å². The van der Waals surface area contributed by atoms with E-state index in [-0.39, 0.29) is 12.4 Å². The van der Waals surface area contributed by atoms with Crippen LogP contribution in [0.15, 0.2) is 42.5 Å². The third-order valence-electron chi connectivity index (χ3n) is 3.38. The highest BCUT2D eigenvalue weighted by Gasteiger charge is 2.07. The summed E-state index contributed by atoms with van der Waals surface area (Å²) < 4.78 is 24.4. The molecular formula is C18H21ClFNO2. The van der Waals surface area contributed by atoms with Gasteiger partial charge in [0.25, 0.3) is 0 Å². The number of hydrogen-bond acceptors (Lipinski definition) is 3. The predicted octanol–water partition coefficient (Wildman–Crippen LogP) is 4.18. The van der Waals surface area contributed by atoms with Crippen LogP contribution in [-0.2, 0) is 17.9 Å². The van der Waals surface area contributed by atoms with Crippen molar-refractivity contribution in [2.45, 2.75) is 19.6 Å². The zero-order valence-corrected chi connectivity index (χ0v) is 13.9. The maximum absolute atomic E-state index is 13.7. The maximum Gasteiger partial charge on any atom is 0.129 e. The fourth-order valence-electron chi connectivity index (χ4n) is 2.16. The number of benzene rings is 2. The van der Waals surface area contributed by atoms with Crippen LogP contribution < -0.4 is 10.1 Å². The van der Waals surface area contributed by atoms with Crippen molar-refractivity contribution in [2.75, 3.05) is 20.3 Å². The Morgan fingerprint density at radius 1 is 1.13 bits per heavy atom. The topological polar surface area (TPSA) is 30.5 Å². The Bertz CT molecular complexity index is 622. The van der Waals surface area contributed by atoms with Gasteiger partial charge in [-0.15, -0.1) is 0 Å². The zero-order chi connectivity index (χ0) is 16.5. The number of nitrogens with one attached hydrogen (secondary N) is 1. The molecule has 1 N–H and O–H groups in total.